The molecular formula is C30H32F2N4O5. The van der Waals surface area contributed by atoms with Crippen LogP contribution in [-0.2, 0) is 25.5 Å². The number of fused-ring (bicyclic) bond motifs is 1. The van der Waals surface area contributed by atoms with Crippen LogP contribution in [0.25, 0.3) is 0 Å². The smallest absolute Gasteiger partial charge is 0.324 e. The number of anilines is 1. The fourth-order valence-corrected chi connectivity index (χ4v) is 7.25. The Morgan fingerprint density at radius 3 is 2.44 bits per heavy atom. The molecule has 3 unspecified atom stereocenters. The monoisotopic (exact) mass is 566 g/mol. The molecule has 6 rings (SSSR count). The number of carbonyl (C=O) groups is 4. The van der Waals surface area contributed by atoms with Crippen LogP contribution < -0.4 is 10.6 Å². The highest BCUT2D eigenvalue weighted by atomic mass is 19.1. The summed E-state index contributed by atoms with van der Waals surface area (Å²) in [7, 11) is 1.60. The van der Waals surface area contributed by atoms with E-state index in [9.17, 15) is 28.0 Å². The van der Waals surface area contributed by atoms with E-state index in [-0.39, 0.29) is 24.3 Å². The minimum absolute atomic E-state index is 0.207. The van der Waals surface area contributed by atoms with Crippen LogP contribution in [0.2, 0.25) is 0 Å². The number of imide groups is 1. The molecule has 3 fully saturated rings. The van der Waals surface area contributed by atoms with Crippen molar-refractivity contribution < 1.29 is 32.7 Å². The highest BCUT2D eigenvalue weighted by Crippen LogP contribution is 2.48. The van der Waals surface area contributed by atoms with Crippen LogP contribution in [0, 0.1) is 17.0 Å². The molecule has 2 spiro atoms. The number of amides is 5. The SMILES string of the molecule is CC1c2cc(NC(=O)CN3C(=O)C4(CCOCC4)CCC3c3cc(F)cc(F)c3)ccc2CC12C(=O)NC(=O)N2C. The first-order chi connectivity index (χ1) is 19.5. The van der Waals surface area contributed by atoms with Crippen molar-refractivity contribution in [1.82, 2.24) is 15.1 Å². The Bertz CT molecular complexity index is 1440. The van der Waals surface area contributed by atoms with Gasteiger partial charge in [-0.2, -0.15) is 0 Å². The van der Waals surface area contributed by atoms with Gasteiger partial charge in [-0.15, -0.1) is 0 Å². The first-order valence-corrected chi connectivity index (χ1v) is 13.9. The molecule has 3 saturated heterocycles. The van der Waals surface area contributed by atoms with Crippen molar-refractivity contribution >= 4 is 29.4 Å². The van der Waals surface area contributed by atoms with Crippen LogP contribution >= 0.6 is 0 Å². The van der Waals surface area contributed by atoms with Gasteiger partial charge in [0.1, 0.15) is 23.7 Å². The summed E-state index contributed by atoms with van der Waals surface area (Å²) in [4.78, 5) is 55.2. The van der Waals surface area contributed by atoms with E-state index in [0.717, 1.165) is 17.2 Å². The maximum Gasteiger partial charge on any atom is 0.324 e. The van der Waals surface area contributed by atoms with E-state index in [0.29, 0.717) is 56.6 Å². The number of ether oxygens (including phenoxy) is 1. The van der Waals surface area contributed by atoms with Gasteiger partial charge in [-0.3, -0.25) is 19.7 Å². The van der Waals surface area contributed by atoms with Crippen molar-refractivity contribution in [1.29, 1.82) is 0 Å². The summed E-state index contributed by atoms with van der Waals surface area (Å²) in [6.07, 6.45) is 2.44. The van der Waals surface area contributed by atoms with E-state index in [1.807, 2.05) is 13.0 Å². The molecule has 3 atom stereocenters. The molecule has 0 bridgehead atoms. The van der Waals surface area contributed by atoms with E-state index in [2.05, 4.69) is 10.6 Å². The molecule has 0 radical (unpaired) electrons. The molecule has 9 nitrogen and oxygen atoms in total. The second kappa shape index (κ2) is 9.90. The number of rotatable bonds is 4. The Hall–Kier alpha value is -3.86. The molecule has 2 N–H and O–H groups in total. The number of likely N-dealkylation sites (tertiary alicyclic amines) is 1. The van der Waals surface area contributed by atoms with Crippen LogP contribution in [0.15, 0.2) is 36.4 Å². The zero-order chi connectivity index (χ0) is 29.1. The molecule has 11 heteroatoms. The van der Waals surface area contributed by atoms with Gasteiger partial charge in [-0.25, -0.2) is 13.6 Å². The minimum atomic E-state index is -1.02. The number of piperidine rings is 1. The number of likely N-dealkylation sites (N-methyl/N-ethyl adjacent to an activating group) is 1. The minimum Gasteiger partial charge on any atom is -0.381 e. The highest BCUT2D eigenvalue weighted by Gasteiger charge is 2.58. The summed E-state index contributed by atoms with van der Waals surface area (Å²) in [6.45, 7) is 2.48. The Kier molecular flexibility index (Phi) is 6.60. The maximum atomic E-state index is 14.1. The van der Waals surface area contributed by atoms with Gasteiger partial charge in [0.25, 0.3) is 5.91 Å². The normalized spacial score (nSPS) is 27.0. The maximum absolute atomic E-state index is 14.1. The van der Waals surface area contributed by atoms with Gasteiger partial charge in [0.15, 0.2) is 0 Å². The summed E-state index contributed by atoms with van der Waals surface area (Å²) in [5.74, 6) is -2.79. The van der Waals surface area contributed by atoms with Gasteiger partial charge in [0, 0.05) is 44.4 Å². The largest absolute Gasteiger partial charge is 0.381 e. The third-order valence-corrected chi connectivity index (χ3v) is 9.61. The Balaban J connectivity index is 1.24. The average molecular weight is 567 g/mol. The van der Waals surface area contributed by atoms with Crippen molar-refractivity contribution in [2.45, 2.75) is 56.5 Å². The molecular weight excluding hydrogens is 534 g/mol. The van der Waals surface area contributed by atoms with Crippen molar-refractivity contribution in [2.24, 2.45) is 5.41 Å². The van der Waals surface area contributed by atoms with Crippen LogP contribution in [0.1, 0.15) is 61.3 Å². The number of hydrogen-bond donors (Lipinski definition) is 2. The van der Waals surface area contributed by atoms with E-state index >= 15 is 0 Å². The summed E-state index contributed by atoms with van der Waals surface area (Å²) >= 11 is 0. The zero-order valence-electron chi connectivity index (χ0n) is 23.0. The average Bonchev–Trinajstić information content (AvgIpc) is 3.34. The Morgan fingerprint density at radius 2 is 1.78 bits per heavy atom. The van der Waals surface area contributed by atoms with Gasteiger partial charge < -0.3 is 19.9 Å². The van der Waals surface area contributed by atoms with Crippen LogP contribution in [0.5, 0.6) is 0 Å². The third-order valence-electron chi connectivity index (χ3n) is 9.61. The summed E-state index contributed by atoms with van der Waals surface area (Å²) < 4.78 is 33.8. The Labute approximate surface area is 236 Å². The highest BCUT2D eigenvalue weighted by molar-refractivity contribution is 6.08. The molecule has 4 aliphatic rings. The zero-order valence-corrected chi connectivity index (χ0v) is 23.0. The quantitative estimate of drug-likeness (QED) is 0.550. The standard InChI is InChI=1S/C30H32F2N4O5/c1-17-23-14-22(4-3-18(23)15-30(17)26(38)34-28(40)35(30)2)33-25(37)16-36-24(19-11-20(31)13-21(32)12-19)5-6-29(27(36)39)7-9-41-10-8-29/h3-4,11-14,17,24H,5-10,15-16H2,1-2H3,(H,33,37)(H,34,38,40). The van der Waals surface area contributed by atoms with Crippen LogP contribution in [0.3, 0.4) is 0 Å². The van der Waals surface area contributed by atoms with Crippen molar-refractivity contribution in [3.8, 4) is 0 Å². The van der Waals surface area contributed by atoms with E-state index in [1.54, 1.807) is 19.2 Å². The van der Waals surface area contributed by atoms with Crippen molar-refractivity contribution in [3.05, 3.63) is 64.7 Å². The second-order valence-electron chi connectivity index (χ2n) is 11.7. The molecule has 2 aromatic carbocycles. The number of nitrogens with zero attached hydrogens (tertiary/aromatic N) is 2. The lowest BCUT2D eigenvalue weighted by Crippen LogP contribution is -2.54. The van der Waals surface area contributed by atoms with Gasteiger partial charge in [-0.05, 0) is 66.6 Å². The lowest BCUT2D eigenvalue weighted by atomic mass is 9.70. The number of urea groups is 1. The fourth-order valence-electron chi connectivity index (χ4n) is 7.25. The van der Waals surface area contributed by atoms with Crippen molar-refractivity contribution in [2.75, 3.05) is 32.1 Å². The molecule has 41 heavy (non-hydrogen) atoms. The molecule has 0 saturated carbocycles. The third kappa shape index (κ3) is 4.37. The molecule has 0 aromatic heterocycles. The molecule has 216 valence electrons. The summed E-state index contributed by atoms with van der Waals surface area (Å²) in [5.41, 5.74) is 0.882. The second-order valence-corrected chi connectivity index (χ2v) is 11.7. The summed E-state index contributed by atoms with van der Waals surface area (Å²) in [6, 6.07) is 7.49. The van der Waals surface area contributed by atoms with Gasteiger partial charge in [-0.1, -0.05) is 13.0 Å². The molecule has 5 amide bonds. The molecule has 1 aliphatic carbocycles. The number of hydrogen-bond acceptors (Lipinski definition) is 5. The van der Waals surface area contributed by atoms with Gasteiger partial charge >= 0.3 is 6.03 Å². The number of halogens is 2. The molecule has 2 aromatic rings. The lowest BCUT2D eigenvalue weighted by molar-refractivity contribution is -0.159. The summed E-state index contributed by atoms with van der Waals surface area (Å²) in [5, 5.41) is 5.27. The van der Waals surface area contributed by atoms with E-state index in [4.69, 9.17) is 4.74 Å². The first kappa shape index (κ1) is 27.3. The predicted molar refractivity (Wildman–Crippen MR) is 144 cm³/mol. The van der Waals surface area contributed by atoms with Gasteiger partial charge in [0.05, 0.1) is 11.5 Å². The number of nitrogens with one attached hydrogen (secondary N) is 2. The molecule has 3 heterocycles. The number of carbonyl (C=O) groups excluding carboxylic acids is 4. The van der Waals surface area contributed by atoms with E-state index < -0.39 is 40.6 Å². The lowest BCUT2D eigenvalue weighted by Gasteiger charge is -2.47. The topological polar surface area (TPSA) is 108 Å². The number of benzene rings is 2. The Morgan fingerprint density at radius 1 is 1.07 bits per heavy atom. The van der Waals surface area contributed by atoms with E-state index in [1.165, 1.54) is 21.9 Å². The first-order valence-electron chi connectivity index (χ1n) is 13.9. The molecule has 3 aliphatic heterocycles. The van der Waals surface area contributed by atoms with Gasteiger partial charge in [0.2, 0.25) is 11.8 Å². The van der Waals surface area contributed by atoms with Crippen molar-refractivity contribution in [3.63, 3.8) is 0 Å². The predicted octanol–water partition coefficient (Wildman–Crippen LogP) is 3.64. The van der Waals surface area contributed by atoms with Crippen LogP contribution in [-0.4, -0.2) is 65.9 Å². The van der Waals surface area contributed by atoms with Crippen LogP contribution in [0.4, 0.5) is 19.3 Å². The fraction of sp³-hybridized carbons (Fsp3) is 0.467.